The lowest BCUT2D eigenvalue weighted by atomic mass is 9.97. The van der Waals surface area contributed by atoms with Crippen LogP contribution in [0.2, 0.25) is 0 Å². The molecule has 0 aromatic heterocycles. The maximum atomic E-state index is 12.6. The second-order valence-electron chi connectivity index (χ2n) is 6.68. The van der Waals surface area contributed by atoms with Crippen LogP contribution in [0.5, 0.6) is 0 Å². The minimum atomic E-state index is -0.483. The number of aryl methyl sites for hydroxylation is 2. The normalized spacial score (nSPS) is 18.5. The molecule has 0 fully saturated rings. The molecule has 34 heavy (non-hydrogen) atoms. The van der Waals surface area contributed by atoms with Crippen LogP contribution in [-0.2, 0) is 4.74 Å². The van der Waals surface area contributed by atoms with Crippen molar-refractivity contribution >= 4 is 35.3 Å². The number of nitrogens with two attached hydrogens (primary N) is 1. The van der Waals surface area contributed by atoms with E-state index in [1.165, 1.54) is 0 Å². The maximum Gasteiger partial charge on any atom is 0.407 e. The van der Waals surface area contributed by atoms with Gasteiger partial charge in [-0.1, -0.05) is 47.6 Å². The molecule has 1 atom stereocenters. The van der Waals surface area contributed by atoms with Crippen LogP contribution in [0.15, 0.2) is 23.2 Å². The summed E-state index contributed by atoms with van der Waals surface area (Å²) in [4.78, 5) is 28.8. The SMILES string of the molecule is CC.CC.CC.CC(N)=N/C1=C\C(C)SCCOC(=O)NCCNC(=O)c2cc1c(C)cc2C.[HH].[HH]. The average molecular weight is 499 g/mol. The van der Waals surface area contributed by atoms with Crippen LogP contribution in [0.25, 0.3) is 5.70 Å². The third kappa shape index (κ3) is 12.7. The van der Waals surface area contributed by atoms with Gasteiger partial charge in [0, 0.05) is 38.1 Å². The van der Waals surface area contributed by atoms with Gasteiger partial charge in [0.15, 0.2) is 0 Å². The van der Waals surface area contributed by atoms with E-state index in [4.69, 9.17) is 10.5 Å². The number of alkyl carbamates (subject to hydrolysis) is 1. The molecule has 2 bridgehead atoms. The minimum absolute atomic E-state index is 0. The van der Waals surface area contributed by atoms with Gasteiger partial charge in [-0.3, -0.25) is 4.79 Å². The molecule has 0 aliphatic carbocycles. The number of hydrogen-bond donors (Lipinski definition) is 3. The van der Waals surface area contributed by atoms with Crippen molar-refractivity contribution in [3.05, 3.63) is 40.5 Å². The summed E-state index contributed by atoms with van der Waals surface area (Å²) in [7, 11) is 0. The van der Waals surface area contributed by atoms with Gasteiger partial charge in [-0.25, -0.2) is 9.79 Å². The van der Waals surface area contributed by atoms with E-state index in [0.29, 0.717) is 36.8 Å². The van der Waals surface area contributed by atoms with E-state index in [9.17, 15) is 9.59 Å². The molecule has 1 aromatic rings. The van der Waals surface area contributed by atoms with Crippen molar-refractivity contribution in [2.45, 2.75) is 74.5 Å². The molecule has 1 aliphatic rings. The number of fused-ring (bicyclic) bond motifs is 2. The van der Waals surface area contributed by atoms with Gasteiger partial charge in [-0.15, -0.1) is 0 Å². The van der Waals surface area contributed by atoms with Crippen molar-refractivity contribution in [3.63, 3.8) is 0 Å². The molecule has 2 amide bonds. The van der Waals surface area contributed by atoms with E-state index < -0.39 is 6.09 Å². The Labute approximate surface area is 214 Å². The molecule has 2 rings (SSSR count). The van der Waals surface area contributed by atoms with Gasteiger partial charge in [0.2, 0.25) is 0 Å². The third-order valence-corrected chi connectivity index (χ3v) is 5.22. The van der Waals surface area contributed by atoms with Gasteiger partial charge >= 0.3 is 6.09 Å². The Morgan fingerprint density at radius 1 is 1.03 bits per heavy atom. The zero-order valence-corrected chi connectivity index (χ0v) is 23.6. The van der Waals surface area contributed by atoms with E-state index in [-0.39, 0.29) is 14.0 Å². The monoisotopic (exact) mass is 498 g/mol. The first kappa shape index (κ1) is 33.7. The summed E-state index contributed by atoms with van der Waals surface area (Å²) in [5, 5.41) is 5.57. The smallest absolute Gasteiger partial charge is 0.407 e. The molecule has 1 aliphatic heterocycles. The summed E-state index contributed by atoms with van der Waals surface area (Å²) in [5.74, 6) is 0.915. The van der Waals surface area contributed by atoms with Crippen molar-refractivity contribution in [1.82, 2.24) is 10.6 Å². The minimum Gasteiger partial charge on any atom is -0.449 e. The second kappa shape index (κ2) is 19.9. The Kier molecular flexibility index (Phi) is 19.8. The number of amides is 2. The summed E-state index contributed by atoms with van der Waals surface area (Å²) < 4.78 is 5.14. The van der Waals surface area contributed by atoms with Crippen molar-refractivity contribution < 1.29 is 17.2 Å². The number of rotatable bonds is 1. The standard InChI is InChI=1S/C20H28N4O3S.3C2H6.2H2/c1-12-9-13(2)17-11-16(12)18(24-15(4)21)10-14(3)28-8-7-27-20(26)23-6-5-22-19(17)25;3*1-2;;/h9-11,14H,5-8H2,1-4H3,(H2,21,24)(H,22,25)(H,23,26);3*1-2H3;2*1H/b18-10-;;;;;. The van der Waals surface area contributed by atoms with Gasteiger partial charge in [0.25, 0.3) is 5.91 Å². The van der Waals surface area contributed by atoms with Crippen molar-refractivity contribution in [2.75, 3.05) is 25.4 Å². The molecule has 1 unspecified atom stereocenters. The zero-order valence-electron chi connectivity index (χ0n) is 22.8. The summed E-state index contributed by atoms with van der Waals surface area (Å²) in [6, 6.07) is 3.85. The molecule has 0 radical (unpaired) electrons. The van der Waals surface area contributed by atoms with Gasteiger partial charge in [0.05, 0.1) is 11.5 Å². The Morgan fingerprint density at radius 3 is 2.18 bits per heavy atom. The molecule has 4 N–H and O–H groups in total. The van der Waals surface area contributed by atoms with Crippen LogP contribution in [0.3, 0.4) is 0 Å². The Morgan fingerprint density at radius 2 is 1.59 bits per heavy atom. The van der Waals surface area contributed by atoms with Crippen molar-refractivity contribution in [2.24, 2.45) is 10.7 Å². The van der Waals surface area contributed by atoms with Gasteiger partial charge in [-0.05, 0) is 51.0 Å². The van der Waals surface area contributed by atoms with E-state index in [0.717, 1.165) is 22.4 Å². The first-order valence-electron chi connectivity index (χ1n) is 12.2. The number of carbonyl (C=O) groups is 2. The summed E-state index contributed by atoms with van der Waals surface area (Å²) in [6.07, 6.45) is 1.54. The molecular formula is C26H50N4O3S. The lowest BCUT2D eigenvalue weighted by Crippen LogP contribution is -2.35. The number of nitrogens with one attached hydrogen (secondary N) is 2. The largest absolute Gasteiger partial charge is 0.449 e. The highest BCUT2D eigenvalue weighted by molar-refractivity contribution is 8.00. The number of amidine groups is 1. The third-order valence-electron chi connectivity index (χ3n) is 4.16. The fourth-order valence-corrected chi connectivity index (χ4v) is 3.65. The molecule has 8 heteroatoms. The first-order chi connectivity index (χ1) is 16.3. The van der Waals surface area contributed by atoms with Crippen LogP contribution in [0.1, 0.15) is 85.3 Å². The molecule has 7 nitrogen and oxygen atoms in total. The van der Waals surface area contributed by atoms with Gasteiger partial charge in [-0.2, -0.15) is 11.8 Å². The fraction of sp³-hybridized carbons (Fsp3) is 0.577. The number of nitrogens with zero attached hydrogens (tertiary/aromatic N) is 1. The Balaban J connectivity index is -0.000000594. The average Bonchev–Trinajstić information content (AvgIpc) is 2.82. The predicted octanol–water partition coefficient (Wildman–Crippen LogP) is 6.18. The molecule has 198 valence electrons. The number of ether oxygens (including phenoxy) is 1. The fourth-order valence-electron chi connectivity index (χ4n) is 2.88. The first-order valence-corrected chi connectivity index (χ1v) is 13.3. The van der Waals surface area contributed by atoms with E-state index in [1.54, 1.807) is 18.7 Å². The molecule has 0 saturated heterocycles. The van der Waals surface area contributed by atoms with Crippen molar-refractivity contribution in [1.29, 1.82) is 0 Å². The van der Waals surface area contributed by atoms with Gasteiger partial charge in [0.1, 0.15) is 6.61 Å². The number of carbonyl (C=O) groups excluding carboxylic acids is 2. The number of hydrogen-bond acceptors (Lipinski definition) is 5. The van der Waals surface area contributed by atoms with E-state index >= 15 is 0 Å². The number of benzene rings is 1. The van der Waals surface area contributed by atoms with Crippen LogP contribution in [0.4, 0.5) is 4.79 Å². The Bertz CT molecular complexity index is 815. The van der Waals surface area contributed by atoms with Crippen molar-refractivity contribution in [3.8, 4) is 0 Å². The topological polar surface area (TPSA) is 106 Å². The molecule has 1 heterocycles. The van der Waals surface area contributed by atoms with Crippen LogP contribution in [0, 0.1) is 13.8 Å². The quantitative estimate of drug-likeness (QED) is 0.316. The maximum absolute atomic E-state index is 12.6. The highest BCUT2D eigenvalue weighted by Gasteiger charge is 2.15. The number of thioether (sulfide) groups is 1. The van der Waals surface area contributed by atoms with Crippen LogP contribution >= 0.6 is 11.8 Å². The highest BCUT2D eigenvalue weighted by atomic mass is 32.2. The molecule has 0 spiro atoms. The highest BCUT2D eigenvalue weighted by Crippen LogP contribution is 2.27. The number of cyclic esters (lactones) is 1. The lowest BCUT2D eigenvalue weighted by molar-refractivity contribution is 0.0951. The summed E-state index contributed by atoms with van der Waals surface area (Å²) >= 11 is 1.65. The molecule has 1 aromatic carbocycles. The molecule has 0 saturated carbocycles. The van der Waals surface area contributed by atoms with E-state index in [2.05, 4.69) is 15.6 Å². The predicted molar refractivity (Wildman–Crippen MR) is 153 cm³/mol. The Hall–Kier alpha value is -2.48. The van der Waals surface area contributed by atoms with Crippen LogP contribution < -0.4 is 16.4 Å². The zero-order chi connectivity index (χ0) is 26.7. The lowest BCUT2D eigenvalue weighted by Gasteiger charge is -2.16. The molecular weight excluding hydrogens is 448 g/mol. The summed E-state index contributed by atoms with van der Waals surface area (Å²) in [5.41, 5.74) is 9.95. The van der Waals surface area contributed by atoms with Crippen LogP contribution in [-0.4, -0.2) is 48.5 Å². The number of aliphatic imine (C=N–C) groups is 1. The van der Waals surface area contributed by atoms with Gasteiger partial charge < -0.3 is 21.1 Å². The van der Waals surface area contributed by atoms with E-state index in [1.807, 2.05) is 80.5 Å². The summed E-state index contributed by atoms with van der Waals surface area (Å²) in [6.45, 7) is 20.6. The second-order valence-corrected chi connectivity index (χ2v) is 8.17.